The summed E-state index contributed by atoms with van der Waals surface area (Å²) < 4.78 is 0. The van der Waals surface area contributed by atoms with Gasteiger partial charge in [-0.1, -0.05) is 0 Å². The highest BCUT2D eigenvalue weighted by Gasteiger charge is 2.57. The van der Waals surface area contributed by atoms with Crippen LogP contribution in [0.25, 0.3) is 0 Å². The van der Waals surface area contributed by atoms with E-state index in [1.165, 1.54) is 45.3 Å². The van der Waals surface area contributed by atoms with Gasteiger partial charge in [0.2, 0.25) is 0 Å². The molecule has 1 saturated heterocycles. The predicted octanol–water partition coefficient (Wildman–Crippen LogP) is 0.798. The van der Waals surface area contributed by atoms with Crippen molar-refractivity contribution in [3.05, 3.63) is 24.3 Å². The Morgan fingerprint density at radius 2 is 1.03 bits per heavy atom. The second kappa shape index (κ2) is 11.1. The first kappa shape index (κ1) is 24.5. The summed E-state index contributed by atoms with van der Waals surface area (Å²) in [5.41, 5.74) is 0.520. The van der Waals surface area contributed by atoms with Crippen LogP contribution in [0.5, 0.6) is 0 Å². The second-order valence-corrected chi connectivity index (χ2v) is 8.47. The molecule has 5 aliphatic rings. The molecule has 0 aromatic rings. The van der Waals surface area contributed by atoms with Crippen LogP contribution in [0, 0.1) is 23.7 Å². The van der Waals surface area contributed by atoms with Crippen LogP contribution in [-0.2, 0) is 19.2 Å². The third-order valence-electron chi connectivity index (χ3n) is 6.51. The van der Waals surface area contributed by atoms with E-state index in [-0.39, 0.29) is 0 Å². The second-order valence-electron chi connectivity index (χ2n) is 8.47. The molecule has 0 amide bonds. The van der Waals surface area contributed by atoms with Gasteiger partial charge >= 0.3 is 23.9 Å². The molecule has 4 aliphatic carbocycles. The van der Waals surface area contributed by atoms with E-state index in [9.17, 15) is 19.2 Å². The highest BCUT2D eigenvalue weighted by molar-refractivity contribution is 5.90. The summed E-state index contributed by atoms with van der Waals surface area (Å²) in [6.07, 6.45) is 9.92. The molecule has 10 nitrogen and oxygen atoms in total. The average molecular weight is 438 g/mol. The lowest BCUT2D eigenvalue weighted by molar-refractivity contribution is -0.134. The maximum Gasteiger partial charge on any atom is 0.328 e. The molecule has 4 saturated carbocycles. The predicted molar refractivity (Wildman–Crippen MR) is 109 cm³/mol. The summed E-state index contributed by atoms with van der Waals surface area (Å²) in [6.45, 7) is 3.62. The summed E-state index contributed by atoms with van der Waals surface area (Å²) in [4.78, 5) is 38.2. The van der Waals surface area contributed by atoms with E-state index >= 15 is 0 Å². The lowest BCUT2D eigenvalue weighted by atomic mass is 9.48. The largest absolute Gasteiger partial charge is 0.478 e. The topological polar surface area (TPSA) is 173 Å². The lowest BCUT2D eigenvalue weighted by Crippen LogP contribution is -2.71. The van der Waals surface area contributed by atoms with Crippen molar-refractivity contribution < 1.29 is 39.6 Å². The Morgan fingerprint density at radius 3 is 1.32 bits per heavy atom. The van der Waals surface area contributed by atoms with Crippen LogP contribution >= 0.6 is 0 Å². The maximum absolute atomic E-state index is 9.55. The van der Waals surface area contributed by atoms with Crippen molar-refractivity contribution in [2.24, 2.45) is 23.7 Å². The molecule has 0 atom stereocenters. The Labute approximate surface area is 180 Å². The smallest absolute Gasteiger partial charge is 0.328 e. The van der Waals surface area contributed by atoms with Gasteiger partial charge in [-0.3, -0.25) is 0 Å². The molecule has 0 radical (unpaired) electrons. The zero-order valence-corrected chi connectivity index (χ0v) is 17.2. The van der Waals surface area contributed by atoms with Crippen LogP contribution in [0.15, 0.2) is 24.3 Å². The van der Waals surface area contributed by atoms with Gasteiger partial charge < -0.3 is 31.1 Å². The Morgan fingerprint density at radius 1 is 0.645 bits per heavy atom. The van der Waals surface area contributed by atoms with E-state index in [1.807, 2.05) is 0 Å². The molecular formula is C21H30N2O8. The molecule has 10 heteroatoms. The van der Waals surface area contributed by atoms with Crippen LogP contribution in [0.3, 0.4) is 0 Å². The number of carbonyl (C=O) groups is 4. The van der Waals surface area contributed by atoms with Crippen molar-refractivity contribution in [1.82, 2.24) is 10.6 Å². The van der Waals surface area contributed by atoms with Crippen LogP contribution < -0.4 is 10.6 Å². The van der Waals surface area contributed by atoms with Crippen molar-refractivity contribution in [3.63, 3.8) is 0 Å². The Hall–Kier alpha value is -2.72. The number of aliphatic carboxylic acids is 4. The molecule has 4 bridgehead atoms. The van der Waals surface area contributed by atoms with Crippen LogP contribution in [0.1, 0.15) is 32.1 Å². The number of rotatable bonds is 4. The molecule has 1 aliphatic heterocycles. The van der Waals surface area contributed by atoms with Gasteiger partial charge in [-0.15, -0.1) is 0 Å². The van der Waals surface area contributed by atoms with Gasteiger partial charge in [-0.25, -0.2) is 19.2 Å². The summed E-state index contributed by atoms with van der Waals surface area (Å²) in [6, 6.07) is 0. The number of hydrogen-bond acceptors (Lipinski definition) is 6. The molecule has 0 aromatic heterocycles. The minimum atomic E-state index is -1.26. The lowest BCUT2D eigenvalue weighted by Gasteiger charge is -2.62. The van der Waals surface area contributed by atoms with Gasteiger partial charge in [0, 0.05) is 49.5 Å². The van der Waals surface area contributed by atoms with Gasteiger partial charge in [0.15, 0.2) is 0 Å². The van der Waals surface area contributed by atoms with E-state index in [2.05, 4.69) is 10.6 Å². The summed E-state index contributed by atoms with van der Waals surface area (Å²) >= 11 is 0. The normalized spacial score (nSPS) is 32.8. The van der Waals surface area contributed by atoms with Crippen molar-refractivity contribution in [2.75, 3.05) is 19.6 Å². The van der Waals surface area contributed by atoms with E-state index in [0.717, 1.165) is 23.7 Å². The molecule has 1 spiro atoms. The van der Waals surface area contributed by atoms with Crippen LogP contribution in [0.4, 0.5) is 0 Å². The molecule has 31 heavy (non-hydrogen) atoms. The molecule has 0 aromatic carbocycles. The van der Waals surface area contributed by atoms with Gasteiger partial charge in [-0.05, 0) is 55.8 Å². The van der Waals surface area contributed by atoms with Gasteiger partial charge in [-0.2, -0.15) is 0 Å². The monoisotopic (exact) mass is 438 g/mol. The quantitative estimate of drug-likeness (QED) is 0.345. The van der Waals surface area contributed by atoms with Crippen molar-refractivity contribution in [3.8, 4) is 0 Å². The first-order valence-electron chi connectivity index (χ1n) is 10.4. The molecule has 172 valence electrons. The van der Waals surface area contributed by atoms with Crippen LogP contribution in [-0.4, -0.2) is 69.5 Å². The van der Waals surface area contributed by atoms with Gasteiger partial charge in [0.05, 0.1) is 0 Å². The molecule has 0 unspecified atom stereocenters. The standard InChI is InChI=1S/C13H22N2.2C4H4O4/c1-2-15-13(8-14-1)11-4-9-3-10(6-11)7-12(13)5-9;2*5-3(6)1-2-4(7)8/h9-12,14-15H,1-8H2;2*1-2H,(H,5,6)(H,7,8)/b;2*2-1-. The highest BCUT2D eigenvalue weighted by atomic mass is 16.4. The van der Waals surface area contributed by atoms with Gasteiger partial charge in [0.1, 0.15) is 0 Å². The fraction of sp³-hybridized carbons (Fsp3) is 0.619. The highest BCUT2D eigenvalue weighted by Crippen LogP contribution is 2.58. The fourth-order valence-electron chi connectivity index (χ4n) is 5.63. The number of nitrogens with one attached hydrogen (secondary N) is 2. The third kappa shape index (κ3) is 7.18. The Bertz CT molecular complexity index is 644. The first-order chi connectivity index (χ1) is 14.6. The van der Waals surface area contributed by atoms with Crippen molar-refractivity contribution >= 4 is 23.9 Å². The minimum Gasteiger partial charge on any atom is -0.478 e. The average Bonchev–Trinajstić information content (AvgIpc) is 2.70. The van der Waals surface area contributed by atoms with Gasteiger partial charge in [0.25, 0.3) is 0 Å². The number of piperazine rings is 1. The van der Waals surface area contributed by atoms with Crippen molar-refractivity contribution in [1.29, 1.82) is 0 Å². The SMILES string of the molecule is C1CNC2(CN1)C1CC3CC(C1)CC2C3.O=C(O)/C=C\C(=O)O.O=C(O)/C=C\C(=O)O. The van der Waals surface area contributed by atoms with E-state index in [1.54, 1.807) is 6.42 Å². The number of carboxylic acids is 4. The molecule has 6 N–H and O–H groups in total. The first-order valence-corrected chi connectivity index (χ1v) is 10.4. The minimum absolute atomic E-state index is 0.520. The number of hydrogen-bond donors (Lipinski definition) is 6. The maximum atomic E-state index is 9.55. The molecule has 1 heterocycles. The number of carboxylic acid groups (broad SMARTS) is 4. The fourth-order valence-corrected chi connectivity index (χ4v) is 5.63. The van der Waals surface area contributed by atoms with E-state index < -0.39 is 23.9 Å². The summed E-state index contributed by atoms with van der Waals surface area (Å²) in [5.74, 6) is -0.827. The third-order valence-corrected chi connectivity index (χ3v) is 6.51. The summed E-state index contributed by atoms with van der Waals surface area (Å²) in [5, 5.41) is 38.8. The van der Waals surface area contributed by atoms with Crippen molar-refractivity contribution in [2.45, 2.75) is 37.6 Å². The Kier molecular flexibility index (Phi) is 8.76. The van der Waals surface area contributed by atoms with E-state index in [0.29, 0.717) is 29.8 Å². The Balaban J connectivity index is 0.000000185. The summed E-state index contributed by atoms with van der Waals surface area (Å²) in [7, 11) is 0. The zero-order chi connectivity index (χ0) is 23.0. The zero-order valence-electron chi connectivity index (χ0n) is 17.2. The van der Waals surface area contributed by atoms with E-state index in [4.69, 9.17) is 20.4 Å². The molecular weight excluding hydrogens is 408 g/mol. The molecule has 5 rings (SSSR count). The molecule has 5 fully saturated rings. The van der Waals surface area contributed by atoms with Crippen LogP contribution in [0.2, 0.25) is 0 Å².